The molecule has 8 heavy (non-hydrogen) atoms. The minimum Gasteiger partial charge on any atom is -0.257 e. The first-order chi connectivity index (χ1) is 3.71. The highest BCUT2D eigenvalue weighted by molar-refractivity contribution is 4.78. The van der Waals surface area contributed by atoms with E-state index in [2.05, 4.69) is 24.7 Å². The molecule has 1 rings (SSSR count). The smallest absolute Gasteiger partial charge is 0.0268 e. The lowest BCUT2D eigenvalue weighted by atomic mass is 9.98. The molecular weight excluding hydrogens is 100 g/mol. The van der Waals surface area contributed by atoms with Crippen LogP contribution >= 0.6 is 0 Å². The van der Waals surface area contributed by atoms with Gasteiger partial charge in [0.2, 0.25) is 0 Å². The molecule has 1 saturated heterocycles. The molecule has 2 heteroatoms. The molecule has 1 aliphatic rings. The van der Waals surface area contributed by atoms with Gasteiger partial charge in [-0.3, -0.25) is 10.9 Å². The van der Waals surface area contributed by atoms with Crippen LogP contribution in [0.15, 0.2) is 0 Å². The Morgan fingerprint density at radius 3 is 2.38 bits per heavy atom. The van der Waals surface area contributed by atoms with Gasteiger partial charge in [-0.25, -0.2) is 0 Å². The summed E-state index contributed by atoms with van der Waals surface area (Å²) in [6, 6.07) is 0. The summed E-state index contributed by atoms with van der Waals surface area (Å²) in [4.78, 5) is 0. The number of hydrogen-bond acceptors (Lipinski definition) is 2. The summed E-state index contributed by atoms with van der Waals surface area (Å²) in [5, 5.41) is 0. The van der Waals surface area contributed by atoms with Crippen LogP contribution in [0, 0.1) is 0 Å². The molecule has 1 fully saturated rings. The lowest BCUT2D eigenvalue weighted by Crippen LogP contribution is -2.52. The van der Waals surface area contributed by atoms with Gasteiger partial charge < -0.3 is 0 Å². The zero-order valence-electron chi connectivity index (χ0n) is 5.62. The Hall–Kier alpha value is -0.0800. The van der Waals surface area contributed by atoms with Gasteiger partial charge in [0.15, 0.2) is 0 Å². The van der Waals surface area contributed by atoms with Crippen LogP contribution in [0.1, 0.15) is 26.7 Å². The summed E-state index contributed by atoms with van der Waals surface area (Å²) >= 11 is 0. The highest BCUT2D eigenvalue weighted by atomic mass is 15.4. The Balaban J connectivity index is 2.33. The van der Waals surface area contributed by atoms with Gasteiger partial charge >= 0.3 is 0 Å². The molecule has 0 saturated carbocycles. The van der Waals surface area contributed by atoms with Crippen molar-refractivity contribution in [3.05, 3.63) is 0 Å². The third-order valence-electron chi connectivity index (χ3n) is 1.53. The van der Waals surface area contributed by atoms with E-state index in [0.717, 1.165) is 6.54 Å². The van der Waals surface area contributed by atoms with Gasteiger partial charge in [0, 0.05) is 12.1 Å². The van der Waals surface area contributed by atoms with Gasteiger partial charge in [-0.1, -0.05) is 0 Å². The van der Waals surface area contributed by atoms with Crippen LogP contribution in [0.5, 0.6) is 0 Å². The summed E-state index contributed by atoms with van der Waals surface area (Å²) < 4.78 is 0. The maximum atomic E-state index is 3.21. The number of hydrogen-bond donors (Lipinski definition) is 2. The molecule has 0 aromatic heterocycles. The van der Waals surface area contributed by atoms with Gasteiger partial charge in [-0.2, -0.15) is 0 Å². The van der Waals surface area contributed by atoms with Gasteiger partial charge in [0.25, 0.3) is 0 Å². The minimum atomic E-state index is 0.318. The van der Waals surface area contributed by atoms with Crippen LogP contribution in [0.25, 0.3) is 0 Å². The summed E-state index contributed by atoms with van der Waals surface area (Å²) in [7, 11) is 0. The molecule has 1 aliphatic heterocycles. The fourth-order valence-corrected chi connectivity index (χ4v) is 0.983. The fraction of sp³-hybridized carbons (Fsp3) is 1.00. The van der Waals surface area contributed by atoms with Crippen molar-refractivity contribution in [2.45, 2.75) is 32.2 Å². The fourth-order valence-electron chi connectivity index (χ4n) is 0.983. The van der Waals surface area contributed by atoms with Crippen molar-refractivity contribution in [2.24, 2.45) is 0 Å². The van der Waals surface area contributed by atoms with E-state index in [1.165, 1.54) is 12.8 Å². The maximum absolute atomic E-state index is 3.21. The first-order valence-electron chi connectivity index (χ1n) is 3.21. The maximum Gasteiger partial charge on any atom is 0.0268 e. The van der Waals surface area contributed by atoms with E-state index >= 15 is 0 Å². The monoisotopic (exact) mass is 114 g/mol. The zero-order chi connectivity index (χ0) is 6.04. The van der Waals surface area contributed by atoms with Gasteiger partial charge in [-0.15, -0.1) is 0 Å². The van der Waals surface area contributed by atoms with Crippen LogP contribution < -0.4 is 10.9 Å². The van der Waals surface area contributed by atoms with Crippen molar-refractivity contribution < 1.29 is 0 Å². The molecule has 0 atom stereocenters. The Morgan fingerprint density at radius 1 is 1.38 bits per heavy atom. The average molecular weight is 114 g/mol. The molecule has 0 bridgehead atoms. The van der Waals surface area contributed by atoms with E-state index in [0.29, 0.717) is 5.54 Å². The summed E-state index contributed by atoms with van der Waals surface area (Å²) in [5.41, 5.74) is 6.65. The third kappa shape index (κ3) is 1.46. The molecule has 48 valence electrons. The SMILES string of the molecule is CC1(C)CCCNN1. The van der Waals surface area contributed by atoms with Crippen molar-refractivity contribution in [3.8, 4) is 0 Å². The zero-order valence-corrected chi connectivity index (χ0v) is 5.62. The van der Waals surface area contributed by atoms with Crippen molar-refractivity contribution >= 4 is 0 Å². The quantitative estimate of drug-likeness (QED) is 0.483. The van der Waals surface area contributed by atoms with Crippen LogP contribution in [0.3, 0.4) is 0 Å². The summed E-state index contributed by atoms with van der Waals surface area (Å²) in [6.45, 7) is 5.53. The van der Waals surface area contributed by atoms with Crippen molar-refractivity contribution in [2.75, 3.05) is 6.54 Å². The van der Waals surface area contributed by atoms with E-state index < -0.39 is 0 Å². The molecule has 2 N–H and O–H groups in total. The molecule has 1 heterocycles. The number of nitrogens with one attached hydrogen (secondary N) is 2. The van der Waals surface area contributed by atoms with Crippen LogP contribution in [0.2, 0.25) is 0 Å². The molecule has 0 amide bonds. The van der Waals surface area contributed by atoms with E-state index in [4.69, 9.17) is 0 Å². The molecule has 0 radical (unpaired) electrons. The topological polar surface area (TPSA) is 24.1 Å². The lowest BCUT2D eigenvalue weighted by Gasteiger charge is -2.31. The Labute approximate surface area is 50.6 Å². The van der Waals surface area contributed by atoms with Crippen LogP contribution in [0.4, 0.5) is 0 Å². The molecule has 0 aromatic rings. The van der Waals surface area contributed by atoms with Crippen LogP contribution in [-0.4, -0.2) is 12.1 Å². The van der Waals surface area contributed by atoms with Gasteiger partial charge in [-0.05, 0) is 26.7 Å². The molecule has 0 aromatic carbocycles. The van der Waals surface area contributed by atoms with Gasteiger partial charge in [0.1, 0.15) is 0 Å². The standard InChI is InChI=1S/C6H14N2/c1-6(2)4-3-5-7-8-6/h7-8H,3-5H2,1-2H3. The third-order valence-corrected chi connectivity index (χ3v) is 1.53. The molecule has 0 spiro atoms. The van der Waals surface area contributed by atoms with E-state index in [9.17, 15) is 0 Å². The molecule has 2 nitrogen and oxygen atoms in total. The highest BCUT2D eigenvalue weighted by Crippen LogP contribution is 2.11. The second kappa shape index (κ2) is 2.03. The number of hydrazine groups is 1. The highest BCUT2D eigenvalue weighted by Gasteiger charge is 2.18. The van der Waals surface area contributed by atoms with Gasteiger partial charge in [0.05, 0.1) is 0 Å². The molecular formula is C6H14N2. The van der Waals surface area contributed by atoms with E-state index in [-0.39, 0.29) is 0 Å². The Morgan fingerprint density at radius 2 is 2.12 bits per heavy atom. The number of rotatable bonds is 0. The lowest BCUT2D eigenvalue weighted by molar-refractivity contribution is 0.257. The first-order valence-corrected chi connectivity index (χ1v) is 3.21. The average Bonchev–Trinajstić information content (AvgIpc) is 1.65. The van der Waals surface area contributed by atoms with E-state index in [1.807, 2.05) is 0 Å². The second-order valence-corrected chi connectivity index (χ2v) is 3.04. The second-order valence-electron chi connectivity index (χ2n) is 3.04. The Kier molecular flexibility index (Phi) is 1.54. The Bertz CT molecular complexity index is 70.6. The van der Waals surface area contributed by atoms with E-state index in [1.54, 1.807) is 0 Å². The van der Waals surface area contributed by atoms with Crippen molar-refractivity contribution in [1.29, 1.82) is 0 Å². The van der Waals surface area contributed by atoms with Crippen molar-refractivity contribution in [3.63, 3.8) is 0 Å². The largest absolute Gasteiger partial charge is 0.257 e. The minimum absolute atomic E-state index is 0.318. The molecule has 0 unspecified atom stereocenters. The summed E-state index contributed by atoms with van der Waals surface area (Å²) in [5.74, 6) is 0. The molecule has 0 aliphatic carbocycles. The predicted octanol–water partition coefficient (Wildman–Crippen LogP) is 0.653. The van der Waals surface area contributed by atoms with Crippen molar-refractivity contribution in [1.82, 2.24) is 10.9 Å². The predicted molar refractivity (Wildman–Crippen MR) is 34.5 cm³/mol. The van der Waals surface area contributed by atoms with Crippen LogP contribution in [-0.2, 0) is 0 Å². The first kappa shape index (κ1) is 6.05. The summed E-state index contributed by atoms with van der Waals surface area (Å²) in [6.07, 6.45) is 2.57. The normalized spacial score (nSPS) is 27.8.